The summed E-state index contributed by atoms with van der Waals surface area (Å²) in [6.45, 7) is 1.86. The molecule has 194 valence electrons. The average Bonchev–Trinajstić information content (AvgIpc) is 3.70. The molecule has 2 heterocycles. The minimum absolute atomic E-state index is 0.109. The van der Waals surface area contributed by atoms with Crippen LogP contribution in [-0.2, 0) is 16.6 Å². The maximum Gasteiger partial charge on any atom is 0.314 e. The van der Waals surface area contributed by atoms with Crippen LogP contribution in [0.1, 0.15) is 35.4 Å². The van der Waals surface area contributed by atoms with Gasteiger partial charge < -0.3 is 9.63 Å². The Kier molecular flexibility index (Phi) is 6.06. The molecule has 0 bridgehead atoms. The van der Waals surface area contributed by atoms with Crippen molar-refractivity contribution in [1.82, 2.24) is 10.1 Å². The molecule has 0 saturated heterocycles. The highest BCUT2D eigenvalue weighted by molar-refractivity contribution is 5.85. The summed E-state index contributed by atoms with van der Waals surface area (Å²) in [6, 6.07) is 24.2. The van der Waals surface area contributed by atoms with Crippen LogP contribution in [0.15, 0.2) is 89.5 Å². The molecule has 1 aliphatic carbocycles. The van der Waals surface area contributed by atoms with Gasteiger partial charge in [-0.15, -0.1) is 0 Å². The smallest absolute Gasteiger partial charge is 0.314 e. The van der Waals surface area contributed by atoms with Crippen LogP contribution in [0.2, 0.25) is 0 Å². The van der Waals surface area contributed by atoms with Crippen LogP contribution < -0.4 is 0 Å². The highest BCUT2D eigenvalue weighted by Crippen LogP contribution is 2.48. The predicted molar refractivity (Wildman–Crippen MR) is 143 cm³/mol. The summed E-state index contributed by atoms with van der Waals surface area (Å²) in [6.07, 6.45) is 1.76. The number of aliphatic carboxylic acids is 1. The summed E-state index contributed by atoms with van der Waals surface area (Å²) >= 11 is 0. The van der Waals surface area contributed by atoms with Crippen LogP contribution in [0, 0.1) is 18.6 Å². The van der Waals surface area contributed by atoms with E-state index in [9.17, 15) is 18.7 Å². The van der Waals surface area contributed by atoms with Crippen LogP contribution >= 0.6 is 0 Å². The second kappa shape index (κ2) is 9.58. The van der Waals surface area contributed by atoms with Crippen LogP contribution in [-0.4, -0.2) is 21.2 Å². The highest BCUT2D eigenvalue weighted by atomic mass is 19.1. The molecule has 0 unspecified atom stereocenters. The third-order valence-corrected chi connectivity index (χ3v) is 7.43. The molecule has 0 aliphatic heterocycles. The van der Waals surface area contributed by atoms with E-state index in [1.54, 1.807) is 12.1 Å². The maximum absolute atomic E-state index is 14.3. The summed E-state index contributed by atoms with van der Waals surface area (Å²) in [5.41, 5.74) is 5.68. The van der Waals surface area contributed by atoms with Crippen LogP contribution in [0.5, 0.6) is 0 Å². The minimum Gasteiger partial charge on any atom is -0.481 e. The van der Waals surface area contributed by atoms with Gasteiger partial charge >= 0.3 is 5.97 Å². The van der Waals surface area contributed by atoms with Gasteiger partial charge in [-0.3, -0.25) is 9.78 Å². The lowest BCUT2D eigenvalue weighted by atomic mass is 9.93. The Morgan fingerprint density at radius 1 is 0.923 bits per heavy atom. The summed E-state index contributed by atoms with van der Waals surface area (Å²) in [5.74, 6) is -1.20. The standard InChI is InChI=1S/C32H24F2N2O3/c1-19-26(18-25-3-2-4-29(35-25)27-17-24(33)13-14-28(27)34)30(39-36-19)22-7-5-20(6-8-22)21-9-11-23(12-10-21)32(15-16-32)31(37)38/h2-14,17H,15-16,18H2,1H3,(H,37,38). The number of benzene rings is 3. The van der Waals surface area contributed by atoms with Crippen molar-refractivity contribution >= 4 is 5.97 Å². The number of hydrogen-bond acceptors (Lipinski definition) is 4. The van der Waals surface area contributed by atoms with Crippen molar-refractivity contribution in [2.75, 3.05) is 0 Å². The first-order chi connectivity index (χ1) is 18.8. The molecule has 1 fully saturated rings. The third-order valence-electron chi connectivity index (χ3n) is 7.43. The number of aryl methyl sites for hydroxylation is 1. The lowest BCUT2D eigenvalue weighted by Crippen LogP contribution is -2.19. The molecule has 0 atom stereocenters. The van der Waals surface area contributed by atoms with Gasteiger partial charge in [0, 0.05) is 28.8 Å². The van der Waals surface area contributed by atoms with E-state index in [4.69, 9.17) is 4.52 Å². The molecule has 1 aliphatic rings. The SMILES string of the molecule is Cc1noc(-c2ccc(-c3ccc(C4(C(=O)O)CC4)cc3)cc2)c1Cc1cccc(-c2cc(F)ccc2F)n1. The van der Waals surface area contributed by atoms with E-state index < -0.39 is 23.0 Å². The Morgan fingerprint density at radius 2 is 1.59 bits per heavy atom. The van der Waals surface area contributed by atoms with E-state index in [1.807, 2.05) is 61.5 Å². The second-order valence-corrected chi connectivity index (χ2v) is 9.93. The lowest BCUT2D eigenvalue weighted by Gasteiger charge is -2.11. The van der Waals surface area contributed by atoms with Crippen molar-refractivity contribution in [2.24, 2.45) is 0 Å². The topological polar surface area (TPSA) is 76.2 Å². The molecule has 5 aromatic rings. The maximum atomic E-state index is 14.3. The van der Waals surface area contributed by atoms with E-state index in [2.05, 4.69) is 10.1 Å². The Balaban J connectivity index is 1.25. The summed E-state index contributed by atoms with van der Waals surface area (Å²) < 4.78 is 33.7. The number of aromatic nitrogens is 2. The number of rotatable bonds is 7. The number of pyridine rings is 1. The number of carbonyl (C=O) groups is 1. The molecule has 6 rings (SSSR count). The van der Waals surface area contributed by atoms with Gasteiger partial charge in [-0.1, -0.05) is 59.8 Å². The Hall–Kier alpha value is -4.65. The van der Waals surface area contributed by atoms with Crippen molar-refractivity contribution < 1.29 is 23.2 Å². The molecular weight excluding hydrogens is 498 g/mol. The molecule has 1 N–H and O–H groups in total. The monoisotopic (exact) mass is 522 g/mol. The third kappa shape index (κ3) is 4.61. The van der Waals surface area contributed by atoms with Gasteiger partial charge in [-0.2, -0.15) is 0 Å². The average molecular weight is 523 g/mol. The predicted octanol–water partition coefficient (Wildman–Crippen LogP) is 7.36. The second-order valence-electron chi connectivity index (χ2n) is 9.93. The van der Waals surface area contributed by atoms with Crippen molar-refractivity contribution in [3.8, 4) is 33.7 Å². The van der Waals surface area contributed by atoms with Crippen LogP contribution in [0.3, 0.4) is 0 Å². The summed E-state index contributed by atoms with van der Waals surface area (Å²) in [7, 11) is 0. The van der Waals surface area contributed by atoms with Gasteiger partial charge in [0.15, 0.2) is 5.76 Å². The molecule has 5 nitrogen and oxygen atoms in total. The molecule has 7 heteroatoms. The van der Waals surface area contributed by atoms with E-state index in [1.165, 1.54) is 0 Å². The minimum atomic E-state index is -0.763. The largest absolute Gasteiger partial charge is 0.481 e. The Bertz CT molecular complexity index is 1690. The van der Waals surface area contributed by atoms with Gasteiger partial charge in [0.1, 0.15) is 11.6 Å². The lowest BCUT2D eigenvalue weighted by molar-refractivity contribution is -0.140. The zero-order chi connectivity index (χ0) is 27.1. The number of hydrogen-bond donors (Lipinski definition) is 1. The van der Waals surface area contributed by atoms with Crippen molar-refractivity contribution in [1.29, 1.82) is 0 Å². The molecule has 0 radical (unpaired) electrons. The molecule has 1 saturated carbocycles. The van der Waals surface area contributed by atoms with Crippen LogP contribution in [0.4, 0.5) is 8.78 Å². The Labute approximate surface area is 223 Å². The van der Waals surface area contributed by atoms with E-state index in [0.717, 1.165) is 51.7 Å². The van der Waals surface area contributed by atoms with E-state index in [0.29, 0.717) is 36.4 Å². The van der Waals surface area contributed by atoms with E-state index in [-0.39, 0.29) is 5.56 Å². The van der Waals surface area contributed by atoms with Crippen molar-refractivity contribution in [3.05, 3.63) is 119 Å². The van der Waals surface area contributed by atoms with Gasteiger partial charge in [0.05, 0.1) is 16.8 Å². The summed E-state index contributed by atoms with van der Waals surface area (Å²) in [5, 5.41) is 13.7. The van der Waals surface area contributed by atoms with Gasteiger partial charge in [0.2, 0.25) is 0 Å². The highest BCUT2D eigenvalue weighted by Gasteiger charge is 2.51. The fourth-order valence-corrected chi connectivity index (χ4v) is 4.97. The zero-order valence-electron chi connectivity index (χ0n) is 21.1. The number of halogens is 2. The first-order valence-electron chi connectivity index (χ1n) is 12.7. The van der Waals surface area contributed by atoms with Gasteiger partial charge in [-0.05, 0) is 66.8 Å². The first kappa shape index (κ1) is 24.7. The number of carboxylic acid groups (broad SMARTS) is 1. The molecular formula is C32H24F2N2O3. The van der Waals surface area contributed by atoms with Crippen LogP contribution in [0.25, 0.3) is 33.7 Å². The molecule has 3 aromatic carbocycles. The number of nitrogens with zero attached hydrogens (tertiary/aromatic N) is 2. The van der Waals surface area contributed by atoms with Gasteiger partial charge in [-0.25, -0.2) is 8.78 Å². The number of carboxylic acids is 1. The molecule has 2 aromatic heterocycles. The van der Waals surface area contributed by atoms with E-state index >= 15 is 0 Å². The first-order valence-corrected chi connectivity index (χ1v) is 12.7. The van der Waals surface area contributed by atoms with Crippen molar-refractivity contribution in [3.63, 3.8) is 0 Å². The summed E-state index contributed by atoms with van der Waals surface area (Å²) in [4.78, 5) is 16.2. The fourth-order valence-electron chi connectivity index (χ4n) is 4.97. The zero-order valence-corrected chi connectivity index (χ0v) is 21.1. The quantitative estimate of drug-likeness (QED) is 0.242. The molecule has 0 spiro atoms. The fraction of sp³-hybridized carbons (Fsp3) is 0.156. The normalized spacial score (nSPS) is 13.8. The Morgan fingerprint density at radius 3 is 2.26 bits per heavy atom. The molecule has 39 heavy (non-hydrogen) atoms. The van der Waals surface area contributed by atoms with Crippen molar-refractivity contribution in [2.45, 2.75) is 31.6 Å². The van der Waals surface area contributed by atoms with Gasteiger partial charge in [0.25, 0.3) is 0 Å². The molecule has 0 amide bonds.